The van der Waals surface area contributed by atoms with E-state index in [2.05, 4.69) is 44.3 Å². The first-order valence-corrected chi connectivity index (χ1v) is 13.4. The van der Waals surface area contributed by atoms with Gasteiger partial charge in [0, 0.05) is 17.2 Å². The van der Waals surface area contributed by atoms with Crippen LogP contribution in [0.25, 0.3) is 0 Å². The summed E-state index contributed by atoms with van der Waals surface area (Å²) in [6.07, 6.45) is 5.80. The largest absolute Gasteiger partial charge is 0.370 e. The number of nitrogens with two attached hydrogens (primary N) is 1. The average molecular weight is 509 g/mol. The Morgan fingerprint density at radius 2 is 1.66 bits per heavy atom. The lowest BCUT2D eigenvalue weighted by molar-refractivity contribution is 0.207. The summed E-state index contributed by atoms with van der Waals surface area (Å²) in [7, 11) is 0. The van der Waals surface area contributed by atoms with Crippen LogP contribution in [0.4, 0.5) is 21.9 Å². The molecule has 0 saturated heterocycles. The van der Waals surface area contributed by atoms with Crippen molar-refractivity contribution in [3.05, 3.63) is 88.5 Å². The molecule has 196 valence electrons. The van der Waals surface area contributed by atoms with Gasteiger partial charge in [0.1, 0.15) is 0 Å². The van der Waals surface area contributed by atoms with Crippen molar-refractivity contribution >= 4 is 34.8 Å². The van der Waals surface area contributed by atoms with E-state index >= 15 is 0 Å². The van der Waals surface area contributed by atoms with Crippen LogP contribution in [0.2, 0.25) is 0 Å². The fraction of sp³-hybridized carbons (Fsp3) is 0.323. The van der Waals surface area contributed by atoms with Crippen molar-refractivity contribution in [2.24, 2.45) is 16.8 Å². The maximum Gasteiger partial charge on any atom is 0.349 e. The van der Waals surface area contributed by atoms with Gasteiger partial charge in [-0.05, 0) is 80.6 Å². The van der Waals surface area contributed by atoms with Gasteiger partial charge in [0.05, 0.1) is 23.6 Å². The summed E-state index contributed by atoms with van der Waals surface area (Å²) >= 11 is 0. The van der Waals surface area contributed by atoms with Crippen LogP contribution in [0.1, 0.15) is 59.9 Å². The summed E-state index contributed by atoms with van der Waals surface area (Å²) in [4.78, 5) is 16.1. The van der Waals surface area contributed by atoms with E-state index in [1.165, 1.54) is 24.8 Å². The standard InChI is InChI=1S/C31H36N6O/c1-20-17-21(2)27(22(3)18-20)19-36-31(38)37(25-15-13-24(14-16-25)34-30(32)33)28-12-8-7-11-26(28)29(35-36)23-9-5-4-6-10-23/h7-8,11-18,23H,4-6,9-10,19H2,1-3H3,(H4,32,33,34). The molecule has 7 nitrogen and oxygen atoms in total. The van der Waals surface area contributed by atoms with Crippen molar-refractivity contribution in [2.75, 3.05) is 10.2 Å². The lowest BCUT2D eigenvalue weighted by Gasteiger charge is -2.27. The summed E-state index contributed by atoms with van der Waals surface area (Å²) in [5.41, 5.74) is 14.5. The molecule has 2 amide bonds. The topological polar surface area (TPSA) is 97.8 Å². The number of rotatable bonds is 5. The average Bonchev–Trinajstić information content (AvgIpc) is 3.01. The number of hydrogen-bond acceptors (Lipinski definition) is 3. The molecule has 1 saturated carbocycles. The molecule has 3 aromatic rings. The highest BCUT2D eigenvalue weighted by molar-refractivity contribution is 6.13. The molecule has 0 atom stereocenters. The van der Waals surface area contributed by atoms with Gasteiger partial charge in [-0.2, -0.15) is 5.10 Å². The Hall–Kier alpha value is -4.13. The minimum absolute atomic E-state index is 0.130. The maximum atomic E-state index is 14.4. The number of amides is 2. The number of carbonyl (C=O) groups excluding carboxylic acids is 1. The second-order valence-electron chi connectivity index (χ2n) is 10.5. The Morgan fingerprint density at radius 1 is 1.00 bits per heavy atom. The fourth-order valence-corrected chi connectivity index (χ4v) is 5.82. The number of urea groups is 1. The number of carbonyl (C=O) groups is 1. The third-order valence-electron chi connectivity index (χ3n) is 7.61. The number of aryl methyl sites for hydroxylation is 3. The second kappa shape index (κ2) is 10.7. The van der Waals surface area contributed by atoms with E-state index in [1.807, 2.05) is 42.5 Å². The monoisotopic (exact) mass is 508 g/mol. The van der Waals surface area contributed by atoms with Crippen LogP contribution in [0.3, 0.4) is 0 Å². The number of para-hydroxylation sites is 1. The number of hydrogen-bond donors (Lipinski definition) is 3. The number of fused-ring (bicyclic) bond motifs is 1. The number of anilines is 3. The molecule has 1 heterocycles. The van der Waals surface area contributed by atoms with Crippen molar-refractivity contribution < 1.29 is 4.79 Å². The van der Waals surface area contributed by atoms with Crippen molar-refractivity contribution in [1.29, 1.82) is 5.41 Å². The van der Waals surface area contributed by atoms with Crippen LogP contribution in [-0.4, -0.2) is 22.7 Å². The molecule has 1 fully saturated rings. The highest BCUT2D eigenvalue weighted by Gasteiger charge is 2.34. The van der Waals surface area contributed by atoms with Crippen molar-refractivity contribution in [1.82, 2.24) is 5.01 Å². The predicted octanol–water partition coefficient (Wildman–Crippen LogP) is 6.98. The van der Waals surface area contributed by atoms with Gasteiger partial charge < -0.3 is 11.1 Å². The summed E-state index contributed by atoms with van der Waals surface area (Å²) in [6.45, 7) is 6.72. The molecule has 0 spiro atoms. The SMILES string of the molecule is Cc1cc(C)c(CN2N=C(C3CCCCC3)c3ccccc3N(c3ccc(NC(=N)N)cc3)C2=O)c(C)c1. The Morgan fingerprint density at radius 3 is 2.32 bits per heavy atom. The molecule has 38 heavy (non-hydrogen) atoms. The lowest BCUT2D eigenvalue weighted by atomic mass is 9.83. The van der Waals surface area contributed by atoms with Gasteiger partial charge in [0.2, 0.25) is 0 Å². The zero-order chi connectivity index (χ0) is 26.8. The van der Waals surface area contributed by atoms with E-state index in [0.29, 0.717) is 18.2 Å². The molecule has 2 aliphatic rings. The molecule has 3 aromatic carbocycles. The molecule has 0 aromatic heterocycles. The lowest BCUT2D eigenvalue weighted by Crippen LogP contribution is -2.37. The third-order valence-corrected chi connectivity index (χ3v) is 7.61. The van der Waals surface area contributed by atoms with Crippen LogP contribution in [0.15, 0.2) is 65.8 Å². The zero-order valence-corrected chi connectivity index (χ0v) is 22.4. The molecule has 0 radical (unpaired) electrons. The first-order valence-electron chi connectivity index (χ1n) is 13.4. The van der Waals surface area contributed by atoms with Crippen LogP contribution in [0, 0.1) is 32.1 Å². The van der Waals surface area contributed by atoms with E-state index in [-0.39, 0.29) is 12.0 Å². The van der Waals surface area contributed by atoms with Crippen LogP contribution >= 0.6 is 0 Å². The highest BCUT2D eigenvalue weighted by Crippen LogP contribution is 2.38. The minimum atomic E-state index is -0.185. The van der Waals surface area contributed by atoms with Crippen LogP contribution in [-0.2, 0) is 6.54 Å². The highest BCUT2D eigenvalue weighted by atomic mass is 16.2. The molecule has 0 bridgehead atoms. The number of guanidine groups is 1. The van der Waals surface area contributed by atoms with E-state index in [0.717, 1.165) is 52.2 Å². The van der Waals surface area contributed by atoms with E-state index < -0.39 is 0 Å². The van der Waals surface area contributed by atoms with Gasteiger partial charge >= 0.3 is 6.03 Å². The van der Waals surface area contributed by atoms with E-state index in [1.54, 1.807) is 9.91 Å². The second-order valence-corrected chi connectivity index (χ2v) is 10.5. The van der Waals surface area contributed by atoms with Gasteiger partial charge in [0.25, 0.3) is 0 Å². The summed E-state index contributed by atoms with van der Waals surface area (Å²) in [5, 5.41) is 17.1. The predicted molar refractivity (Wildman–Crippen MR) is 155 cm³/mol. The van der Waals surface area contributed by atoms with Gasteiger partial charge in [-0.15, -0.1) is 0 Å². The van der Waals surface area contributed by atoms with Gasteiger partial charge in [-0.25, -0.2) is 9.80 Å². The molecule has 1 aliphatic carbocycles. The summed E-state index contributed by atoms with van der Waals surface area (Å²) in [5.74, 6) is 0.192. The number of benzene rings is 3. The summed E-state index contributed by atoms with van der Waals surface area (Å²) in [6, 6.07) is 19.7. The number of nitrogens with one attached hydrogen (secondary N) is 2. The molecular weight excluding hydrogens is 472 g/mol. The quantitative estimate of drug-likeness (QED) is 0.256. The number of hydrazone groups is 1. The molecular formula is C31H36N6O. The Labute approximate surface area is 224 Å². The van der Waals surface area contributed by atoms with E-state index in [9.17, 15) is 4.79 Å². The Balaban J connectivity index is 1.63. The maximum absolute atomic E-state index is 14.4. The Bertz CT molecular complexity index is 1360. The molecule has 1 aliphatic heterocycles. The smallest absolute Gasteiger partial charge is 0.349 e. The molecule has 4 N–H and O–H groups in total. The first kappa shape index (κ1) is 25.5. The number of nitrogens with zero attached hydrogens (tertiary/aromatic N) is 3. The normalized spacial score (nSPS) is 16.1. The minimum Gasteiger partial charge on any atom is -0.370 e. The van der Waals surface area contributed by atoms with Crippen LogP contribution < -0.4 is 16.0 Å². The zero-order valence-electron chi connectivity index (χ0n) is 22.4. The first-order chi connectivity index (χ1) is 18.3. The van der Waals surface area contributed by atoms with E-state index in [4.69, 9.17) is 16.2 Å². The van der Waals surface area contributed by atoms with Crippen molar-refractivity contribution in [3.8, 4) is 0 Å². The molecule has 5 rings (SSSR count). The fourth-order valence-electron chi connectivity index (χ4n) is 5.82. The van der Waals surface area contributed by atoms with Crippen molar-refractivity contribution in [2.45, 2.75) is 59.4 Å². The molecule has 0 unspecified atom stereocenters. The summed E-state index contributed by atoms with van der Waals surface area (Å²) < 4.78 is 0. The molecule has 7 heteroatoms. The Kier molecular flexibility index (Phi) is 7.18. The van der Waals surface area contributed by atoms with Gasteiger partial charge in [0.15, 0.2) is 5.96 Å². The third kappa shape index (κ3) is 5.14. The van der Waals surface area contributed by atoms with Gasteiger partial charge in [-0.3, -0.25) is 10.3 Å². The van der Waals surface area contributed by atoms with Gasteiger partial charge in [-0.1, -0.05) is 55.2 Å². The van der Waals surface area contributed by atoms with Crippen LogP contribution in [0.5, 0.6) is 0 Å². The van der Waals surface area contributed by atoms with Crippen molar-refractivity contribution in [3.63, 3.8) is 0 Å².